The van der Waals surface area contributed by atoms with Gasteiger partial charge in [-0.15, -0.1) is 0 Å². The molecular formula is C19H10F6N6O2. The van der Waals surface area contributed by atoms with Crippen LogP contribution in [-0.4, -0.2) is 30.1 Å². The molecule has 4 rings (SSSR count). The first kappa shape index (κ1) is 22.0. The summed E-state index contributed by atoms with van der Waals surface area (Å²) in [7, 11) is 0. The lowest BCUT2D eigenvalue weighted by molar-refractivity contribution is -0.143. The molecule has 0 fully saturated rings. The van der Waals surface area contributed by atoms with Crippen molar-refractivity contribution in [3.63, 3.8) is 0 Å². The van der Waals surface area contributed by atoms with Gasteiger partial charge < -0.3 is 5.32 Å². The molecule has 0 saturated carbocycles. The normalized spacial score (nSPS) is 12.2. The molecule has 33 heavy (non-hydrogen) atoms. The van der Waals surface area contributed by atoms with E-state index < -0.39 is 46.6 Å². The predicted octanol–water partition coefficient (Wildman–Crippen LogP) is 3.57. The van der Waals surface area contributed by atoms with Crippen LogP contribution >= 0.6 is 0 Å². The van der Waals surface area contributed by atoms with Crippen LogP contribution in [0.4, 0.5) is 32.0 Å². The number of hydrogen-bond acceptors (Lipinski definition) is 5. The molecule has 0 unspecified atom stereocenters. The van der Waals surface area contributed by atoms with Gasteiger partial charge in [0.05, 0.1) is 23.0 Å². The third-order valence-electron chi connectivity index (χ3n) is 4.45. The quantitative estimate of drug-likeness (QED) is 0.464. The van der Waals surface area contributed by atoms with Crippen molar-refractivity contribution >= 4 is 17.1 Å². The summed E-state index contributed by atoms with van der Waals surface area (Å²) in [5.41, 5.74) is -5.05. The highest BCUT2D eigenvalue weighted by Crippen LogP contribution is 2.35. The van der Waals surface area contributed by atoms with E-state index in [0.717, 1.165) is 22.9 Å². The summed E-state index contributed by atoms with van der Waals surface area (Å²) in [6, 6.07) is 5.31. The predicted molar refractivity (Wildman–Crippen MR) is 101 cm³/mol. The minimum Gasteiger partial charge on any atom is -0.322 e. The topological polar surface area (TPSA) is 94.2 Å². The lowest BCUT2D eigenvalue weighted by atomic mass is 10.2. The van der Waals surface area contributed by atoms with Crippen LogP contribution in [-0.2, 0) is 12.4 Å². The van der Waals surface area contributed by atoms with E-state index in [-0.39, 0.29) is 11.2 Å². The molecule has 0 aliphatic heterocycles. The lowest BCUT2D eigenvalue weighted by Gasteiger charge is -2.14. The number of amides is 1. The highest BCUT2D eigenvalue weighted by molar-refractivity contribution is 6.05. The Labute approximate surface area is 179 Å². The second kappa shape index (κ2) is 7.72. The smallest absolute Gasteiger partial charge is 0.322 e. The van der Waals surface area contributed by atoms with Gasteiger partial charge >= 0.3 is 18.0 Å². The van der Waals surface area contributed by atoms with E-state index in [0.29, 0.717) is 16.9 Å². The number of rotatable bonds is 3. The van der Waals surface area contributed by atoms with Crippen molar-refractivity contribution in [2.75, 3.05) is 5.32 Å². The van der Waals surface area contributed by atoms with Crippen LogP contribution < -0.4 is 11.0 Å². The van der Waals surface area contributed by atoms with Crippen molar-refractivity contribution in [3.05, 3.63) is 82.6 Å². The van der Waals surface area contributed by atoms with Crippen LogP contribution in [0.1, 0.15) is 21.7 Å². The SMILES string of the molecule is O=C(Nc1ccnc(C(F)(F)F)c1)c1cnn(-c2cccn3c(=O)nccc23)c1C(F)(F)F. The maximum Gasteiger partial charge on any atom is 0.434 e. The molecule has 0 aromatic carbocycles. The number of halogens is 6. The summed E-state index contributed by atoms with van der Waals surface area (Å²) < 4.78 is 81.7. The molecule has 170 valence electrons. The number of nitrogens with one attached hydrogen (secondary N) is 1. The van der Waals surface area contributed by atoms with Gasteiger partial charge in [0.15, 0.2) is 5.69 Å². The van der Waals surface area contributed by atoms with Gasteiger partial charge in [0.1, 0.15) is 5.69 Å². The number of pyridine rings is 2. The Morgan fingerprint density at radius 1 is 0.970 bits per heavy atom. The van der Waals surface area contributed by atoms with Crippen LogP contribution in [0.3, 0.4) is 0 Å². The van der Waals surface area contributed by atoms with Gasteiger partial charge in [0, 0.05) is 24.3 Å². The van der Waals surface area contributed by atoms with Crippen LogP contribution in [0.2, 0.25) is 0 Å². The van der Waals surface area contributed by atoms with Crippen molar-refractivity contribution in [3.8, 4) is 5.69 Å². The summed E-state index contributed by atoms with van der Waals surface area (Å²) in [5.74, 6) is -1.34. The molecule has 0 atom stereocenters. The van der Waals surface area contributed by atoms with E-state index in [1.54, 1.807) is 0 Å². The maximum atomic E-state index is 13.9. The summed E-state index contributed by atoms with van der Waals surface area (Å²) >= 11 is 0. The fraction of sp³-hybridized carbons (Fsp3) is 0.105. The van der Waals surface area contributed by atoms with Crippen LogP contribution in [0.25, 0.3) is 11.2 Å². The Morgan fingerprint density at radius 2 is 1.70 bits per heavy atom. The average molecular weight is 468 g/mol. The van der Waals surface area contributed by atoms with Gasteiger partial charge in [-0.3, -0.25) is 14.2 Å². The minimum atomic E-state index is -5.08. The Kier molecular flexibility index (Phi) is 5.14. The van der Waals surface area contributed by atoms with Gasteiger partial charge in [-0.05, 0) is 30.3 Å². The number of carbonyl (C=O) groups excluding carboxylic acids is 1. The van der Waals surface area contributed by atoms with E-state index in [9.17, 15) is 35.9 Å². The first-order chi connectivity index (χ1) is 15.5. The number of aromatic nitrogens is 5. The Bertz CT molecular complexity index is 1420. The molecule has 4 heterocycles. The summed E-state index contributed by atoms with van der Waals surface area (Å²) in [6.07, 6.45) is -6.11. The lowest BCUT2D eigenvalue weighted by Crippen LogP contribution is -2.22. The third kappa shape index (κ3) is 4.14. The number of fused-ring (bicyclic) bond motifs is 1. The van der Waals surface area contributed by atoms with Crippen molar-refractivity contribution in [2.24, 2.45) is 0 Å². The monoisotopic (exact) mass is 468 g/mol. The van der Waals surface area contributed by atoms with Gasteiger partial charge in [-0.25, -0.2) is 14.5 Å². The Morgan fingerprint density at radius 3 is 2.39 bits per heavy atom. The van der Waals surface area contributed by atoms with Gasteiger partial charge in [-0.2, -0.15) is 31.4 Å². The largest absolute Gasteiger partial charge is 0.434 e. The van der Waals surface area contributed by atoms with Crippen molar-refractivity contribution < 1.29 is 31.1 Å². The summed E-state index contributed by atoms with van der Waals surface area (Å²) in [4.78, 5) is 31.1. The minimum absolute atomic E-state index is 0.0296. The first-order valence-corrected chi connectivity index (χ1v) is 8.93. The molecule has 1 amide bonds. The van der Waals surface area contributed by atoms with Crippen molar-refractivity contribution in [1.82, 2.24) is 24.1 Å². The van der Waals surface area contributed by atoms with E-state index in [2.05, 4.69) is 15.1 Å². The first-order valence-electron chi connectivity index (χ1n) is 8.93. The fourth-order valence-corrected chi connectivity index (χ4v) is 3.09. The standard InChI is InChI=1S/C19H10F6N6O2/c20-18(21,22)14-8-10(3-5-26-14)29-16(32)11-9-28-31(15(11)19(23,24)25)13-2-1-7-30-12(13)4-6-27-17(30)33/h1-9H,(H,26,29,32). The third-order valence-corrected chi connectivity index (χ3v) is 4.45. The van der Waals surface area contributed by atoms with Gasteiger partial charge in [0.25, 0.3) is 5.91 Å². The molecule has 14 heteroatoms. The van der Waals surface area contributed by atoms with E-state index in [1.807, 2.05) is 5.32 Å². The average Bonchev–Trinajstić information content (AvgIpc) is 3.19. The molecule has 0 aliphatic rings. The van der Waals surface area contributed by atoms with Gasteiger partial charge in [0.2, 0.25) is 0 Å². The molecule has 0 radical (unpaired) electrons. The van der Waals surface area contributed by atoms with Gasteiger partial charge in [-0.1, -0.05) is 0 Å². The van der Waals surface area contributed by atoms with Crippen molar-refractivity contribution in [1.29, 1.82) is 0 Å². The van der Waals surface area contributed by atoms with E-state index >= 15 is 0 Å². The number of carbonyl (C=O) groups is 1. The van der Waals surface area contributed by atoms with E-state index in [1.165, 1.54) is 24.4 Å². The number of anilines is 1. The molecular weight excluding hydrogens is 458 g/mol. The Hall–Kier alpha value is -4.23. The molecule has 1 N–H and O–H groups in total. The highest BCUT2D eigenvalue weighted by atomic mass is 19.4. The van der Waals surface area contributed by atoms with Crippen LogP contribution in [0.5, 0.6) is 0 Å². The summed E-state index contributed by atoms with van der Waals surface area (Å²) in [6.45, 7) is 0. The number of nitrogens with zero attached hydrogens (tertiary/aromatic N) is 5. The zero-order chi connectivity index (χ0) is 24.0. The van der Waals surface area contributed by atoms with Crippen molar-refractivity contribution in [2.45, 2.75) is 12.4 Å². The maximum absolute atomic E-state index is 13.9. The molecule has 4 aromatic rings. The van der Waals surface area contributed by atoms with Crippen LogP contribution in [0, 0.1) is 0 Å². The zero-order valence-corrected chi connectivity index (χ0v) is 16.0. The summed E-state index contributed by atoms with van der Waals surface area (Å²) in [5, 5.41) is 5.66. The van der Waals surface area contributed by atoms with Crippen LogP contribution in [0.15, 0.2) is 59.9 Å². The van der Waals surface area contributed by atoms with E-state index in [4.69, 9.17) is 0 Å². The second-order valence-corrected chi connectivity index (χ2v) is 6.57. The highest BCUT2D eigenvalue weighted by Gasteiger charge is 2.41. The number of alkyl halides is 6. The molecule has 0 bridgehead atoms. The zero-order valence-electron chi connectivity index (χ0n) is 16.0. The molecule has 4 aromatic heterocycles. The molecule has 0 spiro atoms. The second-order valence-electron chi connectivity index (χ2n) is 6.57. The molecule has 0 saturated heterocycles. The molecule has 8 nitrogen and oxygen atoms in total. The fourth-order valence-electron chi connectivity index (χ4n) is 3.09. The Balaban J connectivity index is 1.81. The molecule has 0 aliphatic carbocycles. The number of hydrogen-bond donors (Lipinski definition) is 1.